The van der Waals surface area contributed by atoms with Gasteiger partial charge in [-0.15, -0.1) is 11.3 Å². The number of carboxylic acid groups (broad SMARTS) is 1. The monoisotopic (exact) mass is 290 g/mol. The summed E-state index contributed by atoms with van der Waals surface area (Å²) in [5, 5.41) is 13.9. The van der Waals surface area contributed by atoms with Crippen molar-refractivity contribution in [2.24, 2.45) is 0 Å². The van der Waals surface area contributed by atoms with E-state index in [9.17, 15) is 9.59 Å². The van der Waals surface area contributed by atoms with Crippen molar-refractivity contribution in [3.8, 4) is 0 Å². The van der Waals surface area contributed by atoms with Crippen LogP contribution in [0, 0.1) is 0 Å². The lowest BCUT2D eigenvalue weighted by molar-refractivity contribution is -0.137. The Morgan fingerprint density at radius 1 is 1.25 bits per heavy atom. The molecule has 2 rings (SSSR count). The molecule has 0 spiro atoms. The molecule has 0 saturated heterocycles. The van der Waals surface area contributed by atoms with Crippen LogP contribution in [0.15, 0.2) is 41.9 Å². The van der Waals surface area contributed by atoms with Gasteiger partial charge in [-0.25, -0.2) is 4.98 Å². The summed E-state index contributed by atoms with van der Waals surface area (Å²) in [5.41, 5.74) is 0.851. The minimum absolute atomic E-state index is 0.0741. The third-order valence-corrected chi connectivity index (χ3v) is 3.49. The number of hydrogen-bond donors (Lipinski definition) is 2. The Morgan fingerprint density at radius 2 is 2.00 bits per heavy atom. The maximum absolute atomic E-state index is 11.9. The van der Waals surface area contributed by atoms with E-state index >= 15 is 0 Å². The summed E-state index contributed by atoms with van der Waals surface area (Å²) in [6.07, 6.45) is 1.65. The van der Waals surface area contributed by atoms with Crippen LogP contribution in [0.25, 0.3) is 0 Å². The summed E-state index contributed by atoms with van der Waals surface area (Å²) in [4.78, 5) is 26.8. The summed E-state index contributed by atoms with van der Waals surface area (Å²) in [5.74, 6) is -1.48. The minimum Gasteiger partial charge on any atom is -0.481 e. The maximum Gasteiger partial charge on any atom is 0.303 e. The molecular formula is C14H14N2O3S. The number of anilines is 1. The zero-order valence-electron chi connectivity index (χ0n) is 10.7. The molecule has 0 saturated carbocycles. The Morgan fingerprint density at radius 3 is 2.60 bits per heavy atom. The van der Waals surface area contributed by atoms with E-state index in [1.165, 1.54) is 11.3 Å². The number of carbonyl (C=O) groups is 2. The third kappa shape index (κ3) is 4.17. The second kappa shape index (κ2) is 6.81. The van der Waals surface area contributed by atoms with Gasteiger partial charge in [-0.2, -0.15) is 0 Å². The highest BCUT2D eigenvalue weighted by atomic mass is 32.1. The summed E-state index contributed by atoms with van der Waals surface area (Å²) >= 11 is 1.33. The first-order chi connectivity index (χ1) is 9.65. The molecule has 0 fully saturated rings. The van der Waals surface area contributed by atoms with E-state index in [0.29, 0.717) is 5.13 Å². The van der Waals surface area contributed by atoms with E-state index in [1.54, 1.807) is 11.6 Å². The van der Waals surface area contributed by atoms with Crippen molar-refractivity contribution in [2.75, 3.05) is 5.32 Å². The number of carboxylic acids is 1. The molecule has 1 amide bonds. The molecule has 2 N–H and O–H groups in total. The Kier molecular flexibility index (Phi) is 4.84. The van der Waals surface area contributed by atoms with E-state index in [4.69, 9.17) is 5.11 Å². The topological polar surface area (TPSA) is 79.3 Å². The van der Waals surface area contributed by atoms with Gasteiger partial charge >= 0.3 is 5.97 Å². The van der Waals surface area contributed by atoms with Crippen LogP contribution < -0.4 is 5.32 Å². The average molecular weight is 290 g/mol. The number of nitrogens with zero attached hydrogens (tertiary/aromatic N) is 1. The molecule has 0 bridgehead atoms. The largest absolute Gasteiger partial charge is 0.481 e. The molecule has 104 valence electrons. The number of amides is 1. The van der Waals surface area contributed by atoms with E-state index < -0.39 is 5.97 Å². The van der Waals surface area contributed by atoms with Crippen LogP contribution in [0.5, 0.6) is 0 Å². The highest BCUT2D eigenvalue weighted by Gasteiger charge is 2.19. The van der Waals surface area contributed by atoms with E-state index in [1.807, 2.05) is 30.3 Å². The lowest BCUT2D eigenvalue weighted by atomic mass is 9.92. The van der Waals surface area contributed by atoms with Crippen molar-refractivity contribution in [2.45, 2.75) is 18.8 Å². The molecule has 20 heavy (non-hydrogen) atoms. The van der Waals surface area contributed by atoms with Crippen molar-refractivity contribution in [3.63, 3.8) is 0 Å². The summed E-state index contributed by atoms with van der Waals surface area (Å²) in [7, 11) is 0. The molecule has 0 aliphatic carbocycles. The standard InChI is InChI=1S/C14H14N2O3S/c17-12(16-14-15-6-7-20-14)8-11(9-13(18)19)10-4-2-1-3-5-10/h1-7,11H,8-9H2,(H,18,19)(H,15,16,17). The quantitative estimate of drug-likeness (QED) is 0.857. The fourth-order valence-corrected chi connectivity index (χ4v) is 2.47. The molecule has 1 heterocycles. The van der Waals surface area contributed by atoms with Gasteiger partial charge in [-0.1, -0.05) is 30.3 Å². The van der Waals surface area contributed by atoms with Gasteiger partial charge < -0.3 is 10.4 Å². The number of benzene rings is 1. The molecule has 5 nitrogen and oxygen atoms in total. The number of carbonyl (C=O) groups excluding carboxylic acids is 1. The lowest BCUT2D eigenvalue weighted by Crippen LogP contribution is -2.17. The molecule has 2 aromatic rings. The molecule has 6 heteroatoms. The van der Waals surface area contributed by atoms with Gasteiger partial charge in [0.15, 0.2) is 5.13 Å². The van der Waals surface area contributed by atoms with Crippen molar-refractivity contribution in [3.05, 3.63) is 47.5 Å². The smallest absolute Gasteiger partial charge is 0.303 e. The van der Waals surface area contributed by atoms with Crippen molar-refractivity contribution in [1.29, 1.82) is 0 Å². The minimum atomic E-state index is -0.916. The highest BCUT2D eigenvalue weighted by molar-refractivity contribution is 7.13. The van der Waals surface area contributed by atoms with E-state index in [-0.39, 0.29) is 24.7 Å². The van der Waals surface area contributed by atoms with Crippen LogP contribution in [-0.2, 0) is 9.59 Å². The molecule has 0 aliphatic heterocycles. The molecule has 1 atom stereocenters. The van der Waals surface area contributed by atoms with Crippen LogP contribution in [0.1, 0.15) is 24.3 Å². The second-order valence-corrected chi connectivity index (χ2v) is 5.19. The predicted molar refractivity (Wildman–Crippen MR) is 76.8 cm³/mol. The summed E-state index contributed by atoms with van der Waals surface area (Å²) in [6.45, 7) is 0. The number of nitrogens with one attached hydrogen (secondary N) is 1. The molecule has 0 radical (unpaired) electrons. The normalized spacial score (nSPS) is 11.8. The predicted octanol–water partition coefficient (Wildman–Crippen LogP) is 2.73. The zero-order chi connectivity index (χ0) is 14.4. The van der Waals surface area contributed by atoms with Crippen LogP contribution in [-0.4, -0.2) is 22.0 Å². The Labute approximate surface area is 120 Å². The molecule has 0 aliphatic rings. The van der Waals surface area contributed by atoms with Gasteiger partial charge in [0.05, 0.1) is 6.42 Å². The molecular weight excluding hydrogens is 276 g/mol. The SMILES string of the molecule is O=C(O)CC(CC(=O)Nc1nccs1)c1ccccc1. The molecule has 1 aromatic heterocycles. The molecule has 1 unspecified atom stereocenters. The first-order valence-corrected chi connectivity index (χ1v) is 6.99. The first kappa shape index (κ1) is 14.2. The van der Waals surface area contributed by atoms with Gasteiger partial charge in [0.1, 0.15) is 0 Å². The van der Waals surface area contributed by atoms with Crippen molar-refractivity contribution >= 4 is 28.3 Å². The van der Waals surface area contributed by atoms with Crippen LogP contribution >= 0.6 is 11.3 Å². The number of aliphatic carboxylic acids is 1. The Hall–Kier alpha value is -2.21. The number of thiazole rings is 1. The van der Waals surface area contributed by atoms with E-state index in [0.717, 1.165) is 5.56 Å². The number of rotatable bonds is 6. The third-order valence-electron chi connectivity index (χ3n) is 2.80. The maximum atomic E-state index is 11.9. The van der Waals surface area contributed by atoms with E-state index in [2.05, 4.69) is 10.3 Å². The van der Waals surface area contributed by atoms with Crippen molar-refractivity contribution in [1.82, 2.24) is 4.98 Å². The van der Waals surface area contributed by atoms with Crippen LogP contribution in [0.4, 0.5) is 5.13 Å². The summed E-state index contributed by atoms with van der Waals surface area (Å²) < 4.78 is 0. The van der Waals surface area contributed by atoms with Crippen LogP contribution in [0.3, 0.4) is 0 Å². The number of hydrogen-bond acceptors (Lipinski definition) is 4. The zero-order valence-corrected chi connectivity index (χ0v) is 11.5. The summed E-state index contributed by atoms with van der Waals surface area (Å²) in [6, 6.07) is 9.21. The number of aromatic nitrogens is 1. The van der Waals surface area contributed by atoms with Crippen molar-refractivity contribution < 1.29 is 14.7 Å². The van der Waals surface area contributed by atoms with Crippen LogP contribution in [0.2, 0.25) is 0 Å². The Bertz CT molecular complexity index is 569. The fourth-order valence-electron chi connectivity index (χ4n) is 1.92. The fraction of sp³-hybridized carbons (Fsp3) is 0.214. The second-order valence-electron chi connectivity index (χ2n) is 4.30. The molecule has 1 aromatic carbocycles. The van der Waals surface area contributed by atoms with Gasteiger partial charge in [-0.05, 0) is 5.56 Å². The lowest BCUT2D eigenvalue weighted by Gasteiger charge is -2.14. The Balaban J connectivity index is 2.04. The first-order valence-electron chi connectivity index (χ1n) is 6.11. The average Bonchev–Trinajstić information content (AvgIpc) is 2.91. The van der Waals surface area contributed by atoms with Gasteiger partial charge in [-0.3, -0.25) is 9.59 Å². The van der Waals surface area contributed by atoms with Gasteiger partial charge in [0.25, 0.3) is 0 Å². The highest BCUT2D eigenvalue weighted by Crippen LogP contribution is 2.24. The van der Waals surface area contributed by atoms with Gasteiger partial charge in [0, 0.05) is 23.9 Å². The van der Waals surface area contributed by atoms with Gasteiger partial charge in [0.2, 0.25) is 5.91 Å².